The molecule has 0 bridgehead atoms. The molecule has 3 rings (SSSR count). The predicted molar refractivity (Wildman–Crippen MR) is 89.1 cm³/mol. The van der Waals surface area contributed by atoms with E-state index in [-0.39, 0.29) is 16.6 Å². The second-order valence-electron chi connectivity index (χ2n) is 6.04. The van der Waals surface area contributed by atoms with Gasteiger partial charge in [0.2, 0.25) is 10.0 Å². The third-order valence-corrected chi connectivity index (χ3v) is 6.19. The summed E-state index contributed by atoms with van der Waals surface area (Å²) in [6.45, 7) is 2.91. The van der Waals surface area contributed by atoms with Crippen molar-refractivity contribution in [1.29, 1.82) is 0 Å². The van der Waals surface area contributed by atoms with Crippen LogP contribution < -0.4 is 5.32 Å². The Kier molecular flexibility index (Phi) is 4.71. The van der Waals surface area contributed by atoms with Gasteiger partial charge in [0.25, 0.3) is 0 Å². The van der Waals surface area contributed by atoms with E-state index in [1.807, 2.05) is 6.92 Å². The van der Waals surface area contributed by atoms with Crippen molar-refractivity contribution in [3.05, 3.63) is 42.0 Å². The zero-order chi connectivity index (χ0) is 17.3. The van der Waals surface area contributed by atoms with E-state index >= 15 is 0 Å². The smallest absolute Gasteiger partial charge is 0.243 e. The molecule has 1 aromatic heterocycles. The summed E-state index contributed by atoms with van der Waals surface area (Å²) in [6.07, 6.45) is 4.94. The minimum atomic E-state index is -3.70. The van der Waals surface area contributed by atoms with Gasteiger partial charge < -0.3 is 5.32 Å². The Bertz CT molecular complexity index is 834. The lowest BCUT2D eigenvalue weighted by Crippen LogP contribution is -2.40. The van der Waals surface area contributed by atoms with E-state index in [1.54, 1.807) is 19.4 Å². The van der Waals surface area contributed by atoms with Crippen LogP contribution in [-0.2, 0) is 10.0 Å². The number of rotatable bonds is 5. The Balaban J connectivity index is 1.93. The van der Waals surface area contributed by atoms with Crippen LogP contribution in [0.4, 0.5) is 4.39 Å². The number of nitrogens with zero attached hydrogens (tertiary/aromatic N) is 3. The number of nitrogens with one attached hydrogen (secondary N) is 1. The summed E-state index contributed by atoms with van der Waals surface area (Å²) in [5.74, 6) is -0.608. The molecule has 1 atom stereocenters. The molecular formula is C16H21FN4O2S. The van der Waals surface area contributed by atoms with Gasteiger partial charge in [-0.25, -0.2) is 17.5 Å². The van der Waals surface area contributed by atoms with Crippen LogP contribution in [0.5, 0.6) is 0 Å². The molecule has 0 amide bonds. The van der Waals surface area contributed by atoms with Crippen LogP contribution in [0, 0.1) is 12.7 Å². The Hall–Kier alpha value is -1.77. The molecule has 1 N–H and O–H groups in total. The molecule has 1 saturated heterocycles. The standard InChI is InChI=1S/C16H21FN4O2S/c1-12-9-19-20(11-12)16-6-5-14(8-15(16)17)24(22,23)21-7-3-4-13(21)10-18-2/h5-6,8-9,11,13,18H,3-4,7,10H2,1-2H3/t13-/m0/s1. The van der Waals surface area contributed by atoms with E-state index < -0.39 is 15.8 Å². The fraction of sp³-hybridized carbons (Fsp3) is 0.438. The number of hydrogen-bond donors (Lipinski definition) is 1. The van der Waals surface area contributed by atoms with E-state index in [0.717, 1.165) is 24.5 Å². The molecule has 24 heavy (non-hydrogen) atoms. The lowest BCUT2D eigenvalue weighted by molar-refractivity contribution is 0.379. The highest BCUT2D eigenvalue weighted by Gasteiger charge is 2.35. The van der Waals surface area contributed by atoms with Crippen molar-refractivity contribution < 1.29 is 12.8 Å². The summed E-state index contributed by atoms with van der Waals surface area (Å²) in [4.78, 5) is -0.0179. The number of benzene rings is 1. The molecule has 2 heterocycles. The Morgan fingerprint density at radius 3 is 2.83 bits per heavy atom. The molecule has 6 nitrogen and oxygen atoms in total. The van der Waals surface area contributed by atoms with Gasteiger partial charge in [0.15, 0.2) is 0 Å². The summed E-state index contributed by atoms with van der Waals surface area (Å²) >= 11 is 0. The molecule has 1 aliphatic heterocycles. The van der Waals surface area contributed by atoms with Gasteiger partial charge in [0.05, 0.1) is 11.1 Å². The average Bonchev–Trinajstić information content (AvgIpc) is 3.17. The molecule has 2 aromatic rings. The minimum absolute atomic E-state index is 0.0179. The molecule has 1 fully saturated rings. The second kappa shape index (κ2) is 6.62. The highest BCUT2D eigenvalue weighted by atomic mass is 32.2. The lowest BCUT2D eigenvalue weighted by Gasteiger charge is -2.24. The molecule has 0 spiro atoms. The number of sulfonamides is 1. The van der Waals surface area contributed by atoms with Crippen LogP contribution in [0.25, 0.3) is 5.69 Å². The maximum absolute atomic E-state index is 14.5. The van der Waals surface area contributed by atoms with Crippen molar-refractivity contribution in [2.24, 2.45) is 0 Å². The minimum Gasteiger partial charge on any atom is -0.318 e. The Labute approximate surface area is 141 Å². The molecule has 1 aliphatic rings. The molecular weight excluding hydrogens is 331 g/mol. The quantitative estimate of drug-likeness (QED) is 0.889. The summed E-state index contributed by atoms with van der Waals surface area (Å²) in [5, 5.41) is 7.08. The second-order valence-corrected chi connectivity index (χ2v) is 7.94. The fourth-order valence-corrected chi connectivity index (χ4v) is 4.78. The number of aryl methyl sites for hydroxylation is 1. The van der Waals surface area contributed by atoms with Crippen LogP contribution in [0.15, 0.2) is 35.5 Å². The van der Waals surface area contributed by atoms with Crippen molar-refractivity contribution in [1.82, 2.24) is 19.4 Å². The first-order valence-electron chi connectivity index (χ1n) is 7.91. The molecule has 0 saturated carbocycles. The zero-order valence-electron chi connectivity index (χ0n) is 13.7. The molecule has 8 heteroatoms. The number of hydrogen-bond acceptors (Lipinski definition) is 4. The van der Waals surface area contributed by atoms with Crippen LogP contribution in [0.1, 0.15) is 18.4 Å². The van der Waals surface area contributed by atoms with Crippen molar-refractivity contribution in [3.8, 4) is 5.69 Å². The SMILES string of the molecule is CNC[C@@H]1CCCN1S(=O)(=O)c1ccc(-n2cc(C)cn2)c(F)c1. The monoisotopic (exact) mass is 352 g/mol. The zero-order valence-corrected chi connectivity index (χ0v) is 14.6. The van der Waals surface area contributed by atoms with Gasteiger partial charge in [-0.2, -0.15) is 9.40 Å². The van der Waals surface area contributed by atoms with Crippen molar-refractivity contribution in [2.75, 3.05) is 20.1 Å². The number of halogens is 1. The van der Waals surface area contributed by atoms with Crippen molar-refractivity contribution >= 4 is 10.0 Å². The summed E-state index contributed by atoms with van der Waals surface area (Å²) in [7, 11) is -1.91. The predicted octanol–water partition coefficient (Wildman–Crippen LogP) is 1.69. The first kappa shape index (κ1) is 17.1. The van der Waals surface area contributed by atoms with Gasteiger partial charge in [0.1, 0.15) is 11.5 Å². The van der Waals surface area contributed by atoms with E-state index in [0.29, 0.717) is 13.1 Å². The summed E-state index contributed by atoms with van der Waals surface area (Å²) < 4.78 is 43.0. The topological polar surface area (TPSA) is 67.2 Å². The average molecular weight is 352 g/mol. The fourth-order valence-electron chi connectivity index (χ4n) is 3.08. The molecule has 1 aromatic carbocycles. The van der Waals surface area contributed by atoms with Crippen LogP contribution in [0.2, 0.25) is 0 Å². The lowest BCUT2D eigenvalue weighted by atomic mass is 10.2. The highest BCUT2D eigenvalue weighted by Crippen LogP contribution is 2.27. The molecule has 0 aliphatic carbocycles. The maximum Gasteiger partial charge on any atom is 0.243 e. The molecule has 130 valence electrons. The summed E-state index contributed by atoms with van der Waals surface area (Å²) in [6, 6.07) is 3.89. The summed E-state index contributed by atoms with van der Waals surface area (Å²) in [5.41, 5.74) is 1.13. The third kappa shape index (κ3) is 3.09. The first-order chi connectivity index (χ1) is 11.4. The normalized spacial score (nSPS) is 19.0. The van der Waals surface area contributed by atoms with Crippen LogP contribution in [0.3, 0.4) is 0 Å². The van der Waals surface area contributed by atoms with Gasteiger partial charge >= 0.3 is 0 Å². The number of likely N-dealkylation sites (N-methyl/N-ethyl adjacent to an activating group) is 1. The van der Waals surface area contributed by atoms with Gasteiger partial charge in [-0.15, -0.1) is 0 Å². The highest BCUT2D eigenvalue weighted by molar-refractivity contribution is 7.89. The largest absolute Gasteiger partial charge is 0.318 e. The Morgan fingerprint density at radius 1 is 1.42 bits per heavy atom. The van der Waals surface area contributed by atoms with Gasteiger partial charge in [0, 0.05) is 25.3 Å². The first-order valence-corrected chi connectivity index (χ1v) is 9.35. The van der Waals surface area contributed by atoms with E-state index in [1.165, 1.54) is 21.1 Å². The van der Waals surface area contributed by atoms with Crippen LogP contribution in [-0.4, -0.2) is 48.7 Å². The van der Waals surface area contributed by atoms with Gasteiger partial charge in [-0.1, -0.05) is 0 Å². The van der Waals surface area contributed by atoms with Crippen molar-refractivity contribution in [3.63, 3.8) is 0 Å². The van der Waals surface area contributed by atoms with Gasteiger partial charge in [-0.3, -0.25) is 0 Å². The Morgan fingerprint density at radius 2 is 2.21 bits per heavy atom. The van der Waals surface area contributed by atoms with Crippen molar-refractivity contribution in [2.45, 2.75) is 30.7 Å². The van der Waals surface area contributed by atoms with E-state index in [4.69, 9.17) is 0 Å². The third-order valence-electron chi connectivity index (χ3n) is 4.25. The van der Waals surface area contributed by atoms with Crippen LogP contribution >= 0.6 is 0 Å². The van der Waals surface area contributed by atoms with E-state index in [2.05, 4.69) is 10.4 Å². The van der Waals surface area contributed by atoms with Gasteiger partial charge in [-0.05, 0) is 50.6 Å². The molecule has 0 unspecified atom stereocenters. The molecule has 0 radical (unpaired) electrons. The number of aromatic nitrogens is 2. The van der Waals surface area contributed by atoms with E-state index in [9.17, 15) is 12.8 Å². The maximum atomic E-state index is 14.5.